The lowest BCUT2D eigenvalue weighted by Crippen LogP contribution is -2.06. The van der Waals surface area contributed by atoms with Crippen molar-refractivity contribution in [3.05, 3.63) is 248 Å². The van der Waals surface area contributed by atoms with Crippen molar-refractivity contribution in [2.24, 2.45) is 0 Å². The van der Waals surface area contributed by atoms with E-state index in [0.717, 1.165) is 106 Å². The summed E-state index contributed by atoms with van der Waals surface area (Å²) in [7, 11) is 0. The molecule has 0 aliphatic carbocycles. The minimum atomic E-state index is -0.350. The predicted molar refractivity (Wildman–Crippen MR) is 289 cm³/mol. The zero-order chi connectivity index (χ0) is 47.7. The highest BCUT2D eigenvalue weighted by molar-refractivity contribution is 5.98. The fraction of sp³-hybridized carbons (Fsp3) is 0.0308. The summed E-state index contributed by atoms with van der Waals surface area (Å²) in [6.45, 7) is 0. The van der Waals surface area contributed by atoms with Crippen molar-refractivity contribution >= 4 is 38.6 Å². The summed E-state index contributed by atoms with van der Waals surface area (Å²) in [5.74, 6) is -0.616. The number of aromatic nitrogens is 4. The first-order valence-corrected chi connectivity index (χ1v) is 23.8. The zero-order valence-electron chi connectivity index (χ0n) is 38.6. The molecule has 0 unspecified atom stereocenters. The summed E-state index contributed by atoms with van der Waals surface area (Å²) in [6, 6.07) is 81.7. The van der Waals surface area contributed by atoms with Crippen LogP contribution in [0.2, 0.25) is 0 Å². The highest BCUT2D eigenvalue weighted by atomic mass is 16.3. The van der Waals surface area contributed by atoms with E-state index in [4.69, 9.17) is 9.97 Å². The number of nitrogens with zero attached hydrogens (tertiary/aromatic N) is 4. The van der Waals surface area contributed by atoms with Crippen LogP contribution in [0.1, 0.15) is 22.5 Å². The molecule has 0 amide bonds. The normalized spacial score (nSPS) is 11.3. The van der Waals surface area contributed by atoms with Gasteiger partial charge in [0.25, 0.3) is 0 Å². The Morgan fingerprint density at radius 1 is 0.338 bits per heavy atom. The number of Topliss-reactive ketones (excluding diaryl/α,β-unsaturated/α-hetero) is 1. The van der Waals surface area contributed by atoms with E-state index in [2.05, 4.69) is 186 Å². The molecule has 71 heavy (non-hydrogen) atoms. The summed E-state index contributed by atoms with van der Waals surface area (Å²) >= 11 is 0. The molecule has 0 aliphatic heterocycles. The molecule has 6 nitrogen and oxygen atoms in total. The highest BCUT2D eigenvalue weighted by Crippen LogP contribution is 2.42. The maximum absolute atomic E-state index is 13.8. The molecular formula is C65H44N4O2. The third kappa shape index (κ3) is 8.60. The Labute approximate surface area is 411 Å². The van der Waals surface area contributed by atoms with Gasteiger partial charge in [0.15, 0.2) is 11.5 Å². The van der Waals surface area contributed by atoms with Crippen molar-refractivity contribution in [1.29, 1.82) is 0 Å². The van der Waals surface area contributed by atoms with Crippen LogP contribution in [0, 0.1) is 0 Å². The van der Waals surface area contributed by atoms with Crippen LogP contribution in [0.25, 0.3) is 111 Å². The van der Waals surface area contributed by atoms with Crippen molar-refractivity contribution in [2.75, 3.05) is 0 Å². The third-order valence-electron chi connectivity index (χ3n) is 13.4. The molecule has 0 spiro atoms. The molecule has 0 aliphatic rings. The number of carbonyl (C=O) groups excluding carboxylic acids is 1. The molecule has 0 bridgehead atoms. The van der Waals surface area contributed by atoms with Gasteiger partial charge in [0, 0.05) is 28.3 Å². The first-order chi connectivity index (χ1) is 35.0. The largest absolute Gasteiger partial charge is 0.492 e. The van der Waals surface area contributed by atoms with E-state index >= 15 is 0 Å². The van der Waals surface area contributed by atoms with Gasteiger partial charge in [-0.2, -0.15) is 0 Å². The Balaban J connectivity index is 0.942. The number of aryl methyl sites for hydroxylation is 1. The van der Waals surface area contributed by atoms with Gasteiger partial charge in [-0.05, 0) is 122 Å². The number of ketones is 1. The number of hydrogen-bond acceptors (Lipinski definition) is 6. The number of carbonyl (C=O) groups is 1. The summed E-state index contributed by atoms with van der Waals surface area (Å²) in [5, 5.41) is 13.0. The van der Waals surface area contributed by atoms with E-state index in [0.29, 0.717) is 17.5 Å². The van der Waals surface area contributed by atoms with Gasteiger partial charge in [-0.15, -0.1) is 0 Å². The molecule has 0 fully saturated rings. The summed E-state index contributed by atoms with van der Waals surface area (Å²) < 4.78 is 0. The van der Waals surface area contributed by atoms with Crippen molar-refractivity contribution in [2.45, 2.75) is 12.8 Å². The van der Waals surface area contributed by atoms with Gasteiger partial charge in [-0.1, -0.05) is 182 Å². The standard InChI is InChI=1S/C65H44N4O2/c70-63(64-65(71)69-62-24-12-11-23-61(62)68-64)38-35-42-13-1-4-16-52(42)49-39-50(55-19-7-5-17-53(55)43-25-29-47(30-26-43)59-36-33-45-14-2-9-21-57(45)66-59)41-51(40-49)56-20-8-6-18-54(56)44-27-31-48(32-28-44)60-37-34-46-15-3-10-22-58(46)67-60/h1-34,36-37,39-41H,35,38H2,(H,69,71). The minimum absolute atomic E-state index is 0.0122. The van der Waals surface area contributed by atoms with Crippen LogP contribution < -0.4 is 0 Å². The Bertz CT molecular complexity index is 3790. The van der Waals surface area contributed by atoms with Crippen LogP contribution in [0.5, 0.6) is 5.88 Å². The molecule has 12 aromatic rings. The minimum Gasteiger partial charge on any atom is -0.492 e. The van der Waals surface area contributed by atoms with Gasteiger partial charge < -0.3 is 5.11 Å². The monoisotopic (exact) mass is 912 g/mol. The number of hydrogen-bond donors (Lipinski definition) is 1. The van der Waals surface area contributed by atoms with Crippen LogP contribution in [0.3, 0.4) is 0 Å². The summed E-state index contributed by atoms with van der Waals surface area (Å²) in [4.78, 5) is 32.5. The average Bonchev–Trinajstić information content (AvgIpc) is 3.44. The second kappa shape index (κ2) is 18.6. The van der Waals surface area contributed by atoms with Gasteiger partial charge in [-0.3, -0.25) is 4.79 Å². The van der Waals surface area contributed by atoms with Crippen LogP contribution in [-0.4, -0.2) is 30.8 Å². The van der Waals surface area contributed by atoms with Gasteiger partial charge in [0.2, 0.25) is 5.88 Å². The van der Waals surface area contributed by atoms with Crippen molar-refractivity contribution in [3.63, 3.8) is 0 Å². The summed E-state index contributed by atoms with van der Waals surface area (Å²) in [5.41, 5.74) is 18.8. The van der Waals surface area contributed by atoms with Crippen LogP contribution in [0.4, 0.5) is 0 Å². The van der Waals surface area contributed by atoms with E-state index in [-0.39, 0.29) is 23.8 Å². The van der Waals surface area contributed by atoms with Crippen LogP contribution in [0.15, 0.2) is 237 Å². The third-order valence-corrected chi connectivity index (χ3v) is 13.4. The fourth-order valence-electron chi connectivity index (χ4n) is 9.73. The smallest absolute Gasteiger partial charge is 0.241 e. The number of rotatable bonds is 11. The molecule has 0 atom stereocenters. The molecule has 0 saturated heterocycles. The van der Waals surface area contributed by atoms with E-state index < -0.39 is 0 Å². The molecule has 1 N–H and O–H groups in total. The lowest BCUT2D eigenvalue weighted by molar-refractivity contribution is 0.0975. The van der Waals surface area contributed by atoms with Gasteiger partial charge in [0.1, 0.15) is 0 Å². The summed E-state index contributed by atoms with van der Waals surface area (Å²) in [6.07, 6.45) is 0.581. The van der Waals surface area contributed by atoms with Crippen molar-refractivity contribution in [3.8, 4) is 84.0 Å². The predicted octanol–water partition coefficient (Wildman–Crippen LogP) is 15.9. The van der Waals surface area contributed by atoms with Crippen LogP contribution in [-0.2, 0) is 6.42 Å². The Kier molecular flexibility index (Phi) is 11.2. The molecular weight excluding hydrogens is 869 g/mol. The Morgan fingerprint density at radius 2 is 0.718 bits per heavy atom. The van der Waals surface area contributed by atoms with Crippen molar-refractivity contribution in [1.82, 2.24) is 19.9 Å². The van der Waals surface area contributed by atoms with Gasteiger partial charge >= 0.3 is 0 Å². The molecule has 12 rings (SSSR count). The Hall–Kier alpha value is -9.39. The molecule has 0 radical (unpaired) electrons. The maximum atomic E-state index is 13.8. The van der Waals surface area contributed by atoms with E-state index in [1.165, 1.54) is 0 Å². The number of benzene rings is 9. The van der Waals surface area contributed by atoms with E-state index in [1.807, 2.05) is 48.5 Å². The van der Waals surface area contributed by atoms with Gasteiger partial charge in [0.05, 0.1) is 33.5 Å². The molecule has 6 heteroatoms. The zero-order valence-corrected chi connectivity index (χ0v) is 38.6. The SMILES string of the molecule is O=C(CCc1ccccc1-c1cc(-c2ccccc2-c2ccc(-c3ccc4ccccc4n3)cc2)cc(-c2ccccc2-c2ccc(-c3ccc4ccccc4n3)cc2)c1)c1nc2ccccc2nc1O. The second-order valence-electron chi connectivity index (χ2n) is 17.8. The van der Waals surface area contributed by atoms with Gasteiger partial charge in [-0.25, -0.2) is 19.9 Å². The number of fused-ring (bicyclic) bond motifs is 3. The topological polar surface area (TPSA) is 88.9 Å². The molecule has 336 valence electrons. The molecule has 0 saturated carbocycles. The lowest BCUT2D eigenvalue weighted by Gasteiger charge is -2.18. The molecule has 3 heterocycles. The first kappa shape index (κ1) is 42.9. The first-order valence-electron chi connectivity index (χ1n) is 23.8. The van der Waals surface area contributed by atoms with E-state index in [1.54, 1.807) is 12.1 Å². The lowest BCUT2D eigenvalue weighted by atomic mass is 9.86. The quantitative estimate of drug-likeness (QED) is 0.130. The average molecular weight is 913 g/mol. The highest BCUT2D eigenvalue weighted by Gasteiger charge is 2.19. The number of pyridine rings is 2. The van der Waals surface area contributed by atoms with E-state index in [9.17, 15) is 9.90 Å². The number of aromatic hydroxyl groups is 1. The van der Waals surface area contributed by atoms with Crippen LogP contribution >= 0.6 is 0 Å². The van der Waals surface area contributed by atoms with Crippen molar-refractivity contribution < 1.29 is 9.90 Å². The number of para-hydroxylation sites is 4. The second-order valence-corrected chi connectivity index (χ2v) is 17.8. The molecule has 3 aromatic heterocycles. The molecule has 9 aromatic carbocycles. The fourth-order valence-corrected chi connectivity index (χ4v) is 9.73. The maximum Gasteiger partial charge on any atom is 0.241 e. The Morgan fingerprint density at radius 3 is 1.23 bits per heavy atom.